The summed E-state index contributed by atoms with van der Waals surface area (Å²) < 4.78 is 10.5. The summed E-state index contributed by atoms with van der Waals surface area (Å²) in [6, 6.07) is 11.6. The molecule has 0 amide bonds. The van der Waals surface area contributed by atoms with Crippen molar-refractivity contribution in [2.75, 3.05) is 5.73 Å². The molecule has 3 aromatic rings. The maximum atomic E-state index is 5.86. The van der Waals surface area contributed by atoms with Crippen LogP contribution in [0.15, 0.2) is 51.6 Å². The molecule has 0 aliphatic rings. The predicted molar refractivity (Wildman–Crippen MR) is 68.8 cm³/mol. The lowest BCUT2D eigenvalue weighted by molar-refractivity contribution is 0.435. The molecule has 0 aliphatic heterocycles. The molecule has 18 heavy (non-hydrogen) atoms. The predicted octanol–water partition coefficient (Wildman–Crippen LogP) is 3.49. The van der Waals surface area contributed by atoms with Crippen LogP contribution in [0.2, 0.25) is 0 Å². The smallest absolute Gasteiger partial charge is 0.230 e. The first kappa shape index (κ1) is 10.7. The van der Waals surface area contributed by atoms with Crippen LogP contribution in [0.4, 0.5) is 5.88 Å². The van der Waals surface area contributed by atoms with Gasteiger partial charge in [-0.25, -0.2) is 0 Å². The minimum Gasteiger partial charge on any atom is -0.462 e. The SMILES string of the molecule is Cc1ccoc1-c1noc(N)c1-c1ccccc1. The summed E-state index contributed by atoms with van der Waals surface area (Å²) in [5, 5.41) is 4.00. The fraction of sp³-hybridized carbons (Fsp3) is 0.0714. The number of furan rings is 1. The average Bonchev–Trinajstić information content (AvgIpc) is 2.96. The topological polar surface area (TPSA) is 65.2 Å². The van der Waals surface area contributed by atoms with E-state index in [0.717, 1.165) is 16.7 Å². The van der Waals surface area contributed by atoms with Crippen LogP contribution >= 0.6 is 0 Å². The molecular weight excluding hydrogens is 228 g/mol. The Kier molecular flexibility index (Phi) is 2.41. The van der Waals surface area contributed by atoms with Gasteiger partial charge in [0.2, 0.25) is 5.88 Å². The molecule has 0 saturated heterocycles. The lowest BCUT2D eigenvalue weighted by atomic mass is 10.0. The van der Waals surface area contributed by atoms with Crippen molar-refractivity contribution < 1.29 is 8.94 Å². The molecule has 2 aromatic heterocycles. The average molecular weight is 240 g/mol. The molecule has 0 unspecified atom stereocenters. The van der Waals surface area contributed by atoms with Gasteiger partial charge in [0.15, 0.2) is 11.5 Å². The molecule has 3 rings (SSSR count). The molecule has 0 fully saturated rings. The van der Waals surface area contributed by atoms with Crippen LogP contribution in [-0.2, 0) is 0 Å². The fourth-order valence-electron chi connectivity index (χ4n) is 1.96. The van der Waals surface area contributed by atoms with E-state index in [1.807, 2.05) is 43.3 Å². The summed E-state index contributed by atoms with van der Waals surface area (Å²) in [6.07, 6.45) is 1.63. The van der Waals surface area contributed by atoms with Crippen molar-refractivity contribution in [3.8, 4) is 22.6 Å². The molecule has 90 valence electrons. The molecule has 1 aromatic carbocycles. The number of nitrogens with two attached hydrogens (primary N) is 1. The van der Waals surface area contributed by atoms with Crippen molar-refractivity contribution in [2.24, 2.45) is 0 Å². The molecule has 0 spiro atoms. The number of rotatable bonds is 2. The summed E-state index contributed by atoms with van der Waals surface area (Å²) in [4.78, 5) is 0. The fourth-order valence-corrected chi connectivity index (χ4v) is 1.96. The Balaban J connectivity index is 2.22. The molecule has 0 aliphatic carbocycles. The van der Waals surface area contributed by atoms with E-state index in [9.17, 15) is 0 Å². The number of nitrogen functional groups attached to an aromatic ring is 1. The van der Waals surface area contributed by atoms with Crippen LogP contribution in [0, 0.1) is 6.92 Å². The van der Waals surface area contributed by atoms with Crippen molar-refractivity contribution in [3.05, 3.63) is 48.2 Å². The number of hydrogen-bond acceptors (Lipinski definition) is 4. The number of aryl methyl sites for hydroxylation is 1. The third-order valence-corrected chi connectivity index (χ3v) is 2.86. The lowest BCUT2D eigenvalue weighted by Gasteiger charge is -2.00. The van der Waals surface area contributed by atoms with Crippen LogP contribution in [0.3, 0.4) is 0 Å². The van der Waals surface area contributed by atoms with E-state index in [-0.39, 0.29) is 0 Å². The summed E-state index contributed by atoms with van der Waals surface area (Å²) in [5.41, 5.74) is 9.23. The van der Waals surface area contributed by atoms with E-state index in [0.29, 0.717) is 17.3 Å². The second-order valence-corrected chi connectivity index (χ2v) is 4.07. The Morgan fingerprint density at radius 3 is 2.56 bits per heavy atom. The second-order valence-electron chi connectivity index (χ2n) is 4.07. The summed E-state index contributed by atoms with van der Waals surface area (Å²) in [6.45, 7) is 1.96. The maximum absolute atomic E-state index is 5.86. The van der Waals surface area contributed by atoms with Crippen LogP contribution in [0.1, 0.15) is 5.56 Å². The Hall–Kier alpha value is -2.49. The number of aromatic nitrogens is 1. The zero-order chi connectivity index (χ0) is 12.5. The monoisotopic (exact) mass is 240 g/mol. The quantitative estimate of drug-likeness (QED) is 0.744. The number of benzene rings is 1. The number of hydrogen-bond donors (Lipinski definition) is 1. The normalized spacial score (nSPS) is 10.7. The Labute approximate surface area is 104 Å². The maximum Gasteiger partial charge on any atom is 0.230 e. The van der Waals surface area contributed by atoms with Crippen molar-refractivity contribution in [1.29, 1.82) is 0 Å². The zero-order valence-corrected chi connectivity index (χ0v) is 9.88. The first-order chi connectivity index (χ1) is 8.77. The third kappa shape index (κ3) is 1.59. The third-order valence-electron chi connectivity index (χ3n) is 2.86. The molecule has 0 atom stereocenters. The van der Waals surface area contributed by atoms with E-state index < -0.39 is 0 Å². The highest BCUT2D eigenvalue weighted by atomic mass is 16.5. The van der Waals surface area contributed by atoms with E-state index in [1.54, 1.807) is 6.26 Å². The van der Waals surface area contributed by atoms with Gasteiger partial charge < -0.3 is 14.7 Å². The molecule has 0 saturated carbocycles. The highest BCUT2D eigenvalue weighted by molar-refractivity contribution is 5.85. The van der Waals surface area contributed by atoms with Crippen LogP contribution in [-0.4, -0.2) is 5.16 Å². The van der Waals surface area contributed by atoms with Crippen molar-refractivity contribution in [1.82, 2.24) is 5.16 Å². The molecule has 2 heterocycles. The van der Waals surface area contributed by atoms with Gasteiger partial charge in [0, 0.05) is 0 Å². The molecule has 0 bridgehead atoms. The summed E-state index contributed by atoms with van der Waals surface area (Å²) in [5.74, 6) is 0.987. The summed E-state index contributed by atoms with van der Waals surface area (Å²) >= 11 is 0. The van der Waals surface area contributed by atoms with E-state index in [2.05, 4.69) is 5.16 Å². The van der Waals surface area contributed by atoms with E-state index in [4.69, 9.17) is 14.7 Å². The lowest BCUT2D eigenvalue weighted by Crippen LogP contribution is -1.87. The van der Waals surface area contributed by atoms with Crippen molar-refractivity contribution >= 4 is 5.88 Å². The van der Waals surface area contributed by atoms with Gasteiger partial charge in [0.05, 0.1) is 11.8 Å². The number of nitrogens with zero attached hydrogens (tertiary/aromatic N) is 1. The van der Waals surface area contributed by atoms with Gasteiger partial charge in [-0.2, -0.15) is 0 Å². The molecule has 2 N–H and O–H groups in total. The van der Waals surface area contributed by atoms with Gasteiger partial charge in [0.25, 0.3) is 0 Å². The van der Waals surface area contributed by atoms with Gasteiger partial charge in [0.1, 0.15) is 0 Å². The summed E-state index contributed by atoms with van der Waals surface area (Å²) in [7, 11) is 0. The Bertz CT molecular complexity index is 668. The molecular formula is C14H12N2O2. The molecule has 4 nitrogen and oxygen atoms in total. The minimum absolute atomic E-state index is 0.298. The van der Waals surface area contributed by atoms with Gasteiger partial charge in [-0.1, -0.05) is 35.5 Å². The first-order valence-electron chi connectivity index (χ1n) is 5.62. The minimum atomic E-state index is 0.298. The highest BCUT2D eigenvalue weighted by Gasteiger charge is 2.20. The van der Waals surface area contributed by atoms with Gasteiger partial charge in [-0.05, 0) is 24.1 Å². The molecule has 0 radical (unpaired) electrons. The van der Waals surface area contributed by atoms with Gasteiger partial charge in [-0.15, -0.1) is 0 Å². The van der Waals surface area contributed by atoms with Crippen molar-refractivity contribution in [3.63, 3.8) is 0 Å². The van der Waals surface area contributed by atoms with Crippen LogP contribution < -0.4 is 5.73 Å². The first-order valence-corrected chi connectivity index (χ1v) is 5.62. The standard InChI is InChI=1S/C14H12N2O2/c1-9-7-8-17-13(9)12-11(14(15)18-16-12)10-5-3-2-4-6-10/h2-8H,15H2,1H3. The Morgan fingerprint density at radius 2 is 1.89 bits per heavy atom. The Morgan fingerprint density at radius 1 is 1.11 bits per heavy atom. The van der Waals surface area contributed by atoms with Crippen LogP contribution in [0.5, 0.6) is 0 Å². The van der Waals surface area contributed by atoms with E-state index >= 15 is 0 Å². The van der Waals surface area contributed by atoms with Gasteiger partial charge in [-0.3, -0.25) is 0 Å². The second kappa shape index (κ2) is 4.07. The number of anilines is 1. The molecule has 4 heteroatoms. The zero-order valence-electron chi connectivity index (χ0n) is 9.88. The largest absolute Gasteiger partial charge is 0.462 e. The van der Waals surface area contributed by atoms with Crippen molar-refractivity contribution in [2.45, 2.75) is 6.92 Å². The van der Waals surface area contributed by atoms with Crippen LogP contribution in [0.25, 0.3) is 22.6 Å². The van der Waals surface area contributed by atoms with E-state index in [1.165, 1.54) is 0 Å². The van der Waals surface area contributed by atoms with Gasteiger partial charge >= 0.3 is 0 Å². The highest BCUT2D eigenvalue weighted by Crippen LogP contribution is 2.37.